The van der Waals surface area contributed by atoms with E-state index in [0.29, 0.717) is 46.8 Å². The van der Waals surface area contributed by atoms with Crippen molar-refractivity contribution in [2.24, 2.45) is 0 Å². The Labute approximate surface area is 248 Å². The van der Waals surface area contributed by atoms with E-state index in [0.717, 1.165) is 22.7 Å². The zero-order valence-electron chi connectivity index (χ0n) is 23.9. The molecule has 1 amide bonds. The van der Waals surface area contributed by atoms with E-state index in [-0.39, 0.29) is 24.2 Å². The molecular weight excluding hydrogens is 577 g/mol. The molecule has 2 aromatic carbocycles. The van der Waals surface area contributed by atoms with Gasteiger partial charge < -0.3 is 20.1 Å². The molecule has 226 valence electrons. The first-order chi connectivity index (χ1) is 20.6. The molecule has 14 heteroatoms. The maximum absolute atomic E-state index is 15.0. The van der Waals surface area contributed by atoms with Crippen LogP contribution >= 0.6 is 0 Å². The minimum Gasteiger partial charge on any atom is -0.465 e. The van der Waals surface area contributed by atoms with Crippen molar-refractivity contribution in [1.29, 1.82) is 0 Å². The molecule has 0 bridgehead atoms. The average Bonchev–Trinajstić information content (AvgIpc) is 3.00. The number of nitrogens with one attached hydrogen (secondary N) is 2. The van der Waals surface area contributed by atoms with Gasteiger partial charge in [0.1, 0.15) is 11.6 Å². The van der Waals surface area contributed by atoms with Gasteiger partial charge >= 0.3 is 16.3 Å². The van der Waals surface area contributed by atoms with E-state index in [1.165, 1.54) is 24.1 Å². The number of ether oxygens (including phenoxy) is 1. The Bertz CT molecular complexity index is 1770. The summed E-state index contributed by atoms with van der Waals surface area (Å²) in [5, 5.41) is 13.4. The molecule has 5 rings (SSSR count). The first-order valence-electron chi connectivity index (χ1n) is 13.7. The quantitative estimate of drug-likeness (QED) is 0.236. The number of anilines is 2. The molecule has 2 aromatic heterocycles. The van der Waals surface area contributed by atoms with Crippen LogP contribution in [0.1, 0.15) is 25.3 Å². The topological polar surface area (TPSA) is 150 Å². The van der Waals surface area contributed by atoms with Crippen molar-refractivity contribution in [3.63, 3.8) is 0 Å². The Morgan fingerprint density at radius 2 is 1.95 bits per heavy atom. The highest BCUT2D eigenvalue weighted by Gasteiger charge is 2.25. The number of aryl methyl sites for hydroxylation is 1. The average molecular weight is 610 g/mol. The van der Waals surface area contributed by atoms with Crippen molar-refractivity contribution >= 4 is 38.7 Å². The molecule has 4 aromatic rings. The van der Waals surface area contributed by atoms with Gasteiger partial charge in [0, 0.05) is 55.9 Å². The Kier molecular flexibility index (Phi) is 8.59. The van der Waals surface area contributed by atoms with Crippen LogP contribution in [0.15, 0.2) is 54.9 Å². The van der Waals surface area contributed by atoms with Crippen molar-refractivity contribution in [1.82, 2.24) is 24.2 Å². The maximum atomic E-state index is 15.0. The number of likely N-dealkylation sites (tertiary alicyclic amines) is 1. The van der Waals surface area contributed by atoms with Crippen molar-refractivity contribution in [3.05, 3.63) is 66.2 Å². The zero-order chi connectivity index (χ0) is 30.7. The Morgan fingerprint density at radius 3 is 2.72 bits per heavy atom. The van der Waals surface area contributed by atoms with Crippen molar-refractivity contribution in [2.75, 3.05) is 36.7 Å². The van der Waals surface area contributed by atoms with Crippen LogP contribution in [0.25, 0.3) is 22.0 Å². The zero-order valence-corrected chi connectivity index (χ0v) is 24.7. The van der Waals surface area contributed by atoms with Gasteiger partial charge in [-0.3, -0.25) is 4.72 Å². The van der Waals surface area contributed by atoms with E-state index in [4.69, 9.17) is 4.74 Å². The number of aromatic nitrogens is 3. The third kappa shape index (κ3) is 6.44. The van der Waals surface area contributed by atoms with Gasteiger partial charge in [-0.25, -0.2) is 24.1 Å². The summed E-state index contributed by atoms with van der Waals surface area (Å²) >= 11 is 0. The van der Waals surface area contributed by atoms with Crippen molar-refractivity contribution in [3.8, 4) is 22.9 Å². The van der Waals surface area contributed by atoms with Crippen LogP contribution in [0.2, 0.25) is 0 Å². The second kappa shape index (κ2) is 12.4. The first-order valence-corrected chi connectivity index (χ1v) is 15.2. The monoisotopic (exact) mass is 609 g/mol. The summed E-state index contributed by atoms with van der Waals surface area (Å²) in [6, 6.07) is 11.2. The molecule has 0 saturated carbocycles. The van der Waals surface area contributed by atoms with Gasteiger partial charge in [-0.2, -0.15) is 12.7 Å². The van der Waals surface area contributed by atoms with Gasteiger partial charge in [0.15, 0.2) is 0 Å². The van der Waals surface area contributed by atoms with Crippen LogP contribution in [0.5, 0.6) is 11.6 Å². The number of piperidine rings is 1. The van der Waals surface area contributed by atoms with E-state index < -0.39 is 22.1 Å². The van der Waals surface area contributed by atoms with E-state index in [9.17, 15) is 22.7 Å². The summed E-state index contributed by atoms with van der Waals surface area (Å²) < 4.78 is 50.3. The fourth-order valence-electron chi connectivity index (χ4n) is 4.87. The number of nitrogens with zero attached hydrogens (tertiary/aromatic N) is 5. The van der Waals surface area contributed by atoms with Gasteiger partial charge in [0.2, 0.25) is 11.8 Å². The smallest absolute Gasteiger partial charge is 0.407 e. The number of hydrogen-bond acceptors (Lipinski definition) is 8. The molecule has 43 heavy (non-hydrogen) atoms. The van der Waals surface area contributed by atoms with Crippen LogP contribution in [-0.2, 0) is 10.2 Å². The normalized spacial score (nSPS) is 15.5. The molecule has 12 nitrogen and oxygen atoms in total. The number of halogens is 1. The van der Waals surface area contributed by atoms with Crippen molar-refractivity contribution in [2.45, 2.75) is 32.7 Å². The minimum absolute atomic E-state index is 0.132. The summed E-state index contributed by atoms with van der Waals surface area (Å²) in [6.07, 6.45) is 3.73. The summed E-state index contributed by atoms with van der Waals surface area (Å²) in [7, 11) is -2.58. The van der Waals surface area contributed by atoms with E-state index in [1.54, 1.807) is 49.6 Å². The molecule has 1 fully saturated rings. The van der Waals surface area contributed by atoms with Gasteiger partial charge in [0.25, 0.3) is 0 Å². The number of benzene rings is 2. The van der Waals surface area contributed by atoms with Crippen LogP contribution < -0.4 is 14.8 Å². The number of pyridine rings is 1. The highest BCUT2D eigenvalue weighted by molar-refractivity contribution is 7.90. The number of fused-ring (bicyclic) bond motifs is 1. The van der Waals surface area contributed by atoms with Gasteiger partial charge in [0.05, 0.1) is 16.9 Å². The summed E-state index contributed by atoms with van der Waals surface area (Å²) in [5.41, 5.74) is 1.62. The summed E-state index contributed by atoms with van der Waals surface area (Å²) in [6.45, 7) is 4.54. The molecule has 3 N–H and O–H groups in total. The van der Waals surface area contributed by atoms with Gasteiger partial charge in [-0.05, 0) is 55.7 Å². The highest BCUT2D eigenvalue weighted by atomic mass is 32.2. The number of carbonyl (C=O) groups is 1. The van der Waals surface area contributed by atoms with Crippen molar-refractivity contribution < 1.29 is 27.4 Å². The largest absolute Gasteiger partial charge is 0.465 e. The first kappa shape index (κ1) is 29.9. The number of hydrogen-bond donors (Lipinski definition) is 3. The lowest BCUT2D eigenvalue weighted by Crippen LogP contribution is -2.44. The molecule has 1 aliphatic rings. The van der Waals surface area contributed by atoms with Crippen LogP contribution in [0, 0.1) is 12.7 Å². The maximum Gasteiger partial charge on any atom is 0.407 e. The molecule has 1 aliphatic heterocycles. The third-order valence-corrected chi connectivity index (χ3v) is 8.85. The predicted octanol–water partition coefficient (Wildman–Crippen LogP) is 5.09. The Morgan fingerprint density at radius 1 is 1.16 bits per heavy atom. The molecule has 0 spiro atoms. The van der Waals surface area contributed by atoms with E-state index in [2.05, 4.69) is 25.0 Å². The lowest BCUT2D eigenvalue weighted by molar-refractivity contribution is 0.132. The van der Waals surface area contributed by atoms with Crippen LogP contribution in [0.4, 0.5) is 20.8 Å². The minimum atomic E-state index is -3.99. The second-order valence-corrected chi connectivity index (χ2v) is 12.0. The number of carboxylic acid groups (broad SMARTS) is 1. The standard InChI is InChI=1S/C29H32FN7O5S/c1-4-36(3)43(40,41)35-25-20-10-9-18(2)26(21(20)11-12-23(25)30)42-27-22(8-5-14-31-27)24-13-15-32-28(34-24)33-19-7-6-16-37(17-19)29(38)39/h5,8-15,19,35H,4,6-7,16-17H2,1-3H3,(H,38,39)(H,32,33,34)/t19-/m0/s1. The summed E-state index contributed by atoms with van der Waals surface area (Å²) in [4.78, 5) is 26.2. The highest BCUT2D eigenvalue weighted by Crippen LogP contribution is 2.39. The third-order valence-electron chi connectivity index (χ3n) is 7.31. The lowest BCUT2D eigenvalue weighted by atomic mass is 10.0. The molecular formula is C29H32FN7O5S. The second-order valence-electron chi connectivity index (χ2n) is 10.2. The van der Waals surface area contributed by atoms with Gasteiger partial charge in [-0.15, -0.1) is 0 Å². The Balaban J connectivity index is 1.48. The molecule has 3 heterocycles. The lowest BCUT2D eigenvalue weighted by Gasteiger charge is -2.31. The van der Waals surface area contributed by atoms with Crippen LogP contribution in [-0.4, -0.2) is 76.5 Å². The van der Waals surface area contributed by atoms with E-state index >= 15 is 0 Å². The predicted molar refractivity (Wildman–Crippen MR) is 161 cm³/mol. The summed E-state index contributed by atoms with van der Waals surface area (Å²) in [5.74, 6) is 0.231. The molecule has 0 radical (unpaired) electrons. The number of amides is 1. The molecule has 1 atom stereocenters. The van der Waals surface area contributed by atoms with Gasteiger partial charge in [-0.1, -0.05) is 19.1 Å². The molecule has 1 saturated heterocycles. The number of rotatable bonds is 9. The molecule has 0 unspecified atom stereocenters. The fraction of sp³-hybridized carbons (Fsp3) is 0.310. The fourth-order valence-corrected chi connectivity index (χ4v) is 5.83. The molecule has 0 aliphatic carbocycles. The van der Waals surface area contributed by atoms with E-state index in [1.807, 2.05) is 6.92 Å². The SMILES string of the molecule is CCN(C)S(=O)(=O)Nc1c(F)ccc2c(Oc3ncccc3-c3ccnc(N[C@H]4CCCN(C(=O)O)C4)n3)c(C)ccc12. The van der Waals surface area contributed by atoms with Crippen LogP contribution in [0.3, 0.4) is 0 Å². The Hall–Kier alpha value is -4.56.